The van der Waals surface area contributed by atoms with Crippen LogP contribution in [0.2, 0.25) is 0 Å². The summed E-state index contributed by atoms with van der Waals surface area (Å²) in [4.78, 5) is 17.4. The topological polar surface area (TPSA) is 62.7 Å². The fraction of sp³-hybridized carbons (Fsp3) is 0.429. The van der Waals surface area contributed by atoms with E-state index in [1.165, 1.54) is 12.1 Å². The number of hydrogen-bond acceptors (Lipinski definition) is 4. The molecule has 1 fully saturated rings. The van der Waals surface area contributed by atoms with E-state index in [1.54, 1.807) is 12.1 Å². The Kier molecular flexibility index (Phi) is 3.40. The van der Waals surface area contributed by atoms with Gasteiger partial charge in [-0.1, -0.05) is 17.3 Å². The van der Waals surface area contributed by atoms with Crippen molar-refractivity contribution in [3.8, 4) is 0 Å². The Hall–Kier alpha value is -1.95. The van der Waals surface area contributed by atoms with E-state index in [0.29, 0.717) is 18.7 Å². The summed E-state index contributed by atoms with van der Waals surface area (Å²) in [6.45, 7) is 1.97. The van der Waals surface area contributed by atoms with Crippen LogP contribution in [-0.4, -0.2) is 30.3 Å². The van der Waals surface area contributed by atoms with Crippen LogP contribution in [0.15, 0.2) is 29.4 Å². The van der Waals surface area contributed by atoms with Crippen molar-refractivity contribution in [3.63, 3.8) is 0 Å². The lowest BCUT2D eigenvalue weighted by atomic mass is 9.96. The van der Waals surface area contributed by atoms with Crippen molar-refractivity contribution < 1.29 is 14.0 Å². The minimum Gasteiger partial charge on any atom is -0.387 e. The van der Waals surface area contributed by atoms with Crippen molar-refractivity contribution in [2.45, 2.75) is 25.0 Å². The van der Waals surface area contributed by atoms with Gasteiger partial charge >= 0.3 is 0 Å². The second kappa shape index (κ2) is 5.20. The number of carbonyl (C=O) groups is 1. The molecule has 6 heteroatoms. The molecular formula is C14H16FN3O2. The van der Waals surface area contributed by atoms with Gasteiger partial charge in [-0.3, -0.25) is 4.79 Å². The Morgan fingerprint density at radius 3 is 2.95 bits per heavy atom. The Morgan fingerprint density at radius 1 is 1.45 bits per heavy atom. The first kappa shape index (κ1) is 13.1. The van der Waals surface area contributed by atoms with Crippen LogP contribution in [0.25, 0.3) is 0 Å². The van der Waals surface area contributed by atoms with Crippen molar-refractivity contribution >= 4 is 11.6 Å². The second-order valence-corrected chi connectivity index (χ2v) is 5.22. The van der Waals surface area contributed by atoms with Gasteiger partial charge in [0.2, 0.25) is 0 Å². The summed E-state index contributed by atoms with van der Waals surface area (Å²) in [5.41, 5.74) is 0.940. The molecule has 0 radical (unpaired) electrons. The van der Waals surface area contributed by atoms with Gasteiger partial charge in [-0.15, -0.1) is 0 Å². The highest BCUT2D eigenvalue weighted by Crippen LogP contribution is 2.29. The van der Waals surface area contributed by atoms with Crippen molar-refractivity contribution in [1.29, 1.82) is 0 Å². The number of rotatable bonds is 3. The molecule has 0 bridgehead atoms. The third-order valence-electron chi connectivity index (χ3n) is 3.67. The number of halogens is 1. The lowest BCUT2D eigenvalue weighted by Gasteiger charge is -2.18. The van der Waals surface area contributed by atoms with E-state index in [-0.39, 0.29) is 17.3 Å². The average molecular weight is 277 g/mol. The van der Waals surface area contributed by atoms with Crippen LogP contribution in [0.4, 0.5) is 4.39 Å². The van der Waals surface area contributed by atoms with Gasteiger partial charge in [-0.05, 0) is 24.2 Å². The van der Waals surface area contributed by atoms with Gasteiger partial charge in [0, 0.05) is 25.9 Å². The van der Waals surface area contributed by atoms with Gasteiger partial charge in [0.25, 0.3) is 5.91 Å². The predicted molar refractivity (Wildman–Crippen MR) is 71.6 cm³/mol. The van der Waals surface area contributed by atoms with Crippen LogP contribution < -0.4 is 10.6 Å². The van der Waals surface area contributed by atoms with Gasteiger partial charge in [-0.2, -0.15) is 0 Å². The van der Waals surface area contributed by atoms with Crippen LogP contribution in [0.3, 0.4) is 0 Å². The number of nitrogens with one attached hydrogen (secondary N) is 2. The Bertz CT molecular complexity index is 536. The van der Waals surface area contributed by atoms with E-state index in [0.717, 1.165) is 25.1 Å². The molecule has 0 saturated carbocycles. The summed E-state index contributed by atoms with van der Waals surface area (Å²) < 4.78 is 12.8. The highest BCUT2D eigenvalue weighted by Gasteiger charge is 2.43. The van der Waals surface area contributed by atoms with E-state index in [2.05, 4.69) is 15.8 Å². The number of amides is 1. The van der Waals surface area contributed by atoms with E-state index < -0.39 is 0 Å². The Morgan fingerprint density at radius 2 is 2.25 bits per heavy atom. The van der Waals surface area contributed by atoms with Gasteiger partial charge < -0.3 is 15.5 Å². The molecule has 1 atom stereocenters. The zero-order chi connectivity index (χ0) is 14.0. The molecule has 0 aromatic heterocycles. The van der Waals surface area contributed by atoms with Crippen LogP contribution in [0.5, 0.6) is 0 Å². The normalized spacial score (nSPS) is 24.6. The van der Waals surface area contributed by atoms with E-state index >= 15 is 0 Å². The first-order valence-corrected chi connectivity index (χ1v) is 6.65. The van der Waals surface area contributed by atoms with E-state index in [1.807, 2.05) is 0 Å². The minimum atomic E-state index is -0.331. The van der Waals surface area contributed by atoms with Crippen LogP contribution in [0.1, 0.15) is 18.4 Å². The fourth-order valence-corrected chi connectivity index (χ4v) is 2.48. The molecule has 2 aliphatic rings. The molecule has 1 saturated heterocycles. The maximum absolute atomic E-state index is 12.8. The number of nitrogens with zero attached hydrogens (tertiary/aromatic N) is 1. The zero-order valence-corrected chi connectivity index (χ0v) is 11.0. The van der Waals surface area contributed by atoms with Crippen molar-refractivity contribution in [1.82, 2.24) is 10.6 Å². The number of oxime groups is 1. The molecule has 1 spiro atoms. The summed E-state index contributed by atoms with van der Waals surface area (Å²) >= 11 is 0. The third-order valence-corrected chi connectivity index (χ3v) is 3.67. The van der Waals surface area contributed by atoms with Crippen LogP contribution in [0, 0.1) is 5.82 Å². The van der Waals surface area contributed by atoms with E-state index in [4.69, 9.17) is 4.84 Å². The number of carbonyl (C=O) groups excluding carboxylic acids is 1. The third kappa shape index (κ3) is 2.65. The number of hydrogen-bond donors (Lipinski definition) is 2. The highest BCUT2D eigenvalue weighted by molar-refractivity contribution is 6.39. The molecule has 0 aliphatic carbocycles. The van der Waals surface area contributed by atoms with Crippen LogP contribution >= 0.6 is 0 Å². The molecule has 1 amide bonds. The first-order valence-electron chi connectivity index (χ1n) is 6.65. The predicted octanol–water partition coefficient (Wildman–Crippen LogP) is 0.950. The lowest BCUT2D eigenvalue weighted by Crippen LogP contribution is -2.36. The maximum atomic E-state index is 12.8. The molecule has 3 rings (SSSR count). The van der Waals surface area contributed by atoms with Crippen molar-refractivity contribution in [2.75, 3.05) is 13.1 Å². The van der Waals surface area contributed by atoms with Crippen LogP contribution in [-0.2, 0) is 16.2 Å². The van der Waals surface area contributed by atoms with E-state index in [9.17, 15) is 9.18 Å². The lowest BCUT2D eigenvalue weighted by molar-refractivity contribution is -0.115. The smallest absolute Gasteiger partial charge is 0.269 e. The van der Waals surface area contributed by atoms with Gasteiger partial charge in [0.05, 0.1) is 0 Å². The summed E-state index contributed by atoms with van der Waals surface area (Å²) in [6, 6.07) is 6.03. The van der Waals surface area contributed by atoms with Crippen molar-refractivity contribution in [3.05, 3.63) is 35.6 Å². The summed E-state index contributed by atoms with van der Waals surface area (Å²) in [6.07, 6.45) is 1.40. The van der Waals surface area contributed by atoms with Crippen molar-refractivity contribution in [2.24, 2.45) is 5.16 Å². The first-order chi connectivity index (χ1) is 9.67. The van der Waals surface area contributed by atoms with Gasteiger partial charge in [-0.25, -0.2) is 4.39 Å². The standard InChI is InChI=1S/C14H16FN3O2/c15-11-3-1-10(2-4-11)8-17-13(19)12-7-14(20-18-12)5-6-16-9-14/h1-4,16H,5-9H2,(H,17,19). The molecular weight excluding hydrogens is 261 g/mol. The fourth-order valence-electron chi connectivity index (χ4n) is 2.48. The van der Waals surface area contributed by atoms with Gasteiger partial charge in [0.15, 0.2) is 5.60 Å². The Balaban J connectivity index is 1.54. The molecule has 2 heterocycles. The molecule has 20 heavy (non-hydrogen) atoms. The van der Waals surface area contributed by atoms with Gasteiger partial charge in [0.1, 0.15) is 11.5 Å². The SMILES string of the molecule is O=C(NCc1ccc(F)cc1)C1=NOC2(CCNC2)C1. The largest absolute Gasteiger partial charge is 0.387 e. The molecule has 5 nitrogen and oxygen atoms in total. The maximum Gasteiger partial charge on any atom is 0.269 e. The highest BCUT2D eigenvalue weighted by atomic mass is 19.1. The molecule has 1 unspecified atom stereocenters. The second-order valence-electron chi connectivity index (χ2n) is 5.22. The molecule has 1 aromatic carbocycles. The molecule has 2 N–H and O–H groups in total. The summed E-state index contributed by atoms with van der Waals surface area (Å²) in [5.74, 6) is -0.512. The Labute approximate surface area is 116 Å². The minimum absolute atomic E-state index is 0.224. The molecule has 2 aliphatic heterocycles. The summed E-state index contributed by atoms with van der Waals surface area (Å²) in [7, 11) is 0. The summed E-state index contributed by atoms with van der Waals surface area (Å²) in [5, 5.41) is 9.89. The molecule has 1 aromatic rings. The zero-order valence-electron chi connectivity index (χ0n) is 11.0. The molecule has 106 valence electrons. The monoisotopic (exact) mass is 277 g/mol. The quantitative estimate of drug-likeness (QED) is 0.864. The average Bonchev–Trinajstić information content (AvgIpc) is 3.09. The number of benzene rings is 1.